The van der Waals surface area contributed by atoms with Crippen LogP contribution in [-0.2, 0) is 6.42 Å². The number of hydrogen-bond acceptors (Lipinski definition) is 3. The van der Waals surface area contributed by atoms with Gasteiger partial charge in [-0.2, -0.15) is 5.10 Å². The van der Waals surface area contributed by atoms with Crippen molar-refractivity contribution in [2.45, 2.75) is 12.8 Å². The zero-order valence-corrected chi connectivity index (χ0v) is 10.2. The van der Waals surface area contributed by atoms with Crippen LogP contribution in [0, 0.1) is 5.82 Å². The van der Waals surface area contributed by atoms with Crippen molar-refractivity contribution in [3.05, 3.63) is 42.2 Å². The third-order valence-corrected chi connectivity index (χ3v) is 2.44. The molecule has 0 spiro atoms. The lowest BCUT2D eigenvalue weighted by molar-refractivity contribution is 0.252. The van der Waals surface area contributed by atoms with Crippen LogP contribution in [-0.4, -0.2) is 27.8 Å². The fourth-order valence-corrected chi connectivity index (χ4v) is 1.52. The Kier molecular flexibility index (Phi) is 4.44. The Morgan fingerprint density at radius 1 is 1.32 bits per heavy atom. The van der Waals surface area contributed by atoms with Crippen LogP contribution in [0.4, 0.5) is 14.9 Å². The number of rotatable bonds is 5. The van der Waals surface area contributed by atoms with Gasteiger partial charge in [-0.05, 0) is 30.7 Å². The molecule has 0 saturated carbocycles. The number of benzene rings is 1. The molecule has 3 N–H and O–H groups in total. The molecule has 0 bridgehead atoms. The molecule has 2 amide bonds. The van der Waals surface area contributed by atoms with Crippen LogP contribution in [0.1, 0.15) is 12.2 Å². The molecule has 100 valence electrons. The first kappa shape index (κ1) is 13.0. The summed E-state index contributed by atoms with van der Waals surface area (Å²) in [6.07, 6.45) is 2.92. The molecule has 0 aliphatic carbocycles. The number of hydrogen-bond donors (Lipinski definition) is 3. The number of nitrogens with zero attached hydrogens (tertiary/aromatic N) is 2. The summed E-state index contributed by atoms with van der Waals surface area (Å²) >= 11 is 0. The molecule has 0 aliphatic rings. The number of anilines is 1. The molecule has 1 aromatic heterocycles. The lowest BCUT2D eigenvalue weighted by Gasteiger charge is -2.06. The van der Waals surface area contributed by atoms with Crippen LogP contribution in [0.3, 0.4) is 0 Å². The van der Waals surface area contributed by atoms with E-state index in [1.807, 2.05) is 0 Å². The zero-order chi connectivity index (χ0) is 13.5. The van der Waals surface area contributed by atoms with Gasteiger partial charge in [-0.3, -0.25) is 5.10 Å². The predicted molar refractivity (Wildman–Crippen MR) is 68.1 cm³/mol. The highest BCUT2D eigenvalue weighted by molar-refractivity contribution is 5.89. The predicted octanol–water partition coefficient (Wildman–Crippen LogP) is 1.70. The SMILES string of the molecule is O=C(NCCCc1ncn[nH]1)Nc1ccc(F)cc1. The number of carbonyl (C=O) groups excluding carboxylic acids is 1. The fourth-order valence-electron chi connectivity index (χ4n) is 1.52. The first-order valence-electron chi connectivity index (χ1n) is 5.89. The van der Waals surface area contributed by atoms with E-state index >= 15 is 0 Å². The number of halogens is 1. The van der Waals surface area contributed by atoms with Gasteiger partial charge in [-0.25, -0.2) is 14.2 Å². The lowest BCUT2D eigenvalue weighted by Crippen LogP contribution is -2.29. The highest BCUT2D eigenvalue weighted by Crippen LogP contribution is 2.07. The molecular formula is C12H14FN5O. The molecule has 2 aromatic rings. The van der Waals surface area contributed by atoms with Crippen LogP contribution in [0.5, 0.6) is 0 Å². The molecular weight excluding hydrogens is 249 g/mol. The molecule has 1 aromatic carbocycles. The van der Waals surface area contributed by atoms with Gasteiger partial charge in [0, 0.05) is 18.7 Å². The number of aromatic amines is 1. The van der Waals surface area contributed by atoms with E-state index in [1.165, 1.54) is 30.6 Å². The van der Waals surface area contributed by atoms with Crippen molar-refractivity contribution in [1.82, 2.24) is 20.5 Å². The third kappa shape index (κ3) is 4.38. The quantitative estimate of drug-likeness (QED) is 0.718. The summed E-state index contributed by atoms with van der Waals surface area (Å²) in [4.78, 5) is 15.5. The second kappa shape index (κ2) is 6.48. The number of aryl methyl sites for hydroxylation is 1. The summed E-state index contributed by atoms with van der Waals surface area (Å²) < 4.78 is 12.7. The van der Waals surface area contributed by atoms with Crippen molar-refractivity contribution < 1.29 is 9.18 Å². The van der Waals surface area contributed by atoms with Gasteiger partial charge in [0.2, 0.25) is 0 Å². The summed E-state index contributed by atoms with van der Waals surface area (Å²) in [6.45, 7) is 0.522. The smallest absolute Gasteiger partial charge is 0.319 e. The van der Waals surface area contributed by atoms with Crippen molar-refractivity contribution in [3.63, 3.8) is 0 Å². The Balaban J connectivity index is 1.65. The fraction of sp³-hybridized carbons (Fsp3) is 0.250. The van der Waals surface area contributed by atoms with Gasteiger partial charge >= 0.3 is 6.03 Å². The minimum absolute atomic E-state index is 0.316. The van der Waals surface area contributed by atoms with Gasteiger partial charge in [0.1, 0.15) is 18.0 Å². The topological polar surface area (TPSA) is 82.7 Å². The summed E-state index contributed by atoms with van der Waals surface area (Å²) in [5.74, 6) is 0.457. The van der Waals surface area contributed by atoms with Gasteiger partial charge in [-0.15, -0.1) is 0 Å². The highest BCUT2D eigenvalue weighted by Gasteiger charge is 2.01. The van der Waals surface area contributed by atoms with Crippen LogP contribution in [0.15, 0.2) is 30.6 Å². The van der Waals surface area contributed by atoms with Crippen molar-refractivity contribution in [2.24, 2.45) is 0 Å². The van der Waals surface area contributed by atoms with E-state index in [0.717, 1.165) is 18.7 Å². The Labute approximate surface area is 109 Å². The molecule has 0 fully saturated rings. The Hall–Kier alpha value is -2.44. The Morgan fingerprint density at radius 2 is 2.11 bits per heavy atom. The van der Waals surface area contributed by atoms with Gasteiger partial charge in [-0.1, -0.05) is 0 Å². The summed E-state index contributed by atoms with van der Waals surface area (Å²) in [5.41, 5.74) is 0.550. The normalized spacial score (nSPS) is 10.2. The number of carbonyl (C=O) groups is 1. The largest absolute Gasteiger partial charge is 0.338 e. The molecule has 0 unspecified atom stereocenters. The van der Waals surface area contributed by atoms with Gasteiger partial charge in [0.25, 0.3) is 0 Å². The molecule has 0 radical (unpaired) electrons. The Morgan fingerprint density at radius 3 is 2.79 bits per heavy atom. The van der Waals surface area contributed by atoms with E-state index < -0.39 is 0 Å². The van der Waals surface area contributed by atoms with E-state index in [-0.39, 0.29) is 11.8 Å². The van der Waals surface area contributed by atoms with Crippen molar-refractivity contribution >= 4 is 11.7 Å². The van der Waals surface area contributed by atoms with Crippen LogP contribution in [0.2, 0.25) is 0 Å². The van der Waals surface area contributed by atoms with Crippen molar-refractivity contribution in [2.75, 3.05) is 11.9 Å². The third-order valence-electron chi connectivity index (χ3n) is 2.44. The lowest BCUT2D eigenvalue weighted by atomic mass is 10.3. The van der Waals surface area contributed by atoms with Gasteiger partial charge in [0.15, 0.2) is 0 Å². The number of aromatic nitrogens is 3. The van der Waals surface area contributed by atoms with Crippen LogP contribution < -0.4 is 10.6 Å². The monoisotopic (exact) mass is 263 g/mol. The Bertz CT molecular complexity index is 511. The van der Waals surface area contributed by atoms with E-state index in [4.69, 9.17) is 0 Å². The van der Waals surface area contributed by atoms with E-state index in [9.17, 15) is 9.18 Å². The summed E-state index contributed by atoms with van der Waals surface area (Å²) in [7, 11) is 0. The minimum Gasteiger partial charge on any atom is -0.338 e. The second-order valence-electron chi connectivity index (χ2n) is 3.92. The molecule has 0 saturated heterocycles. The molecule has 0 aliphatic heterocycles. The van der Waals surface area contributed by atoms with Crippen LogP contribution in [0.25, 0.3) is 0 Å². The molecule has 19 heavy (non-hydrogen) atoms. The first-order valence-corrected chi connectivity index (χ1v) is 5.89. The average Bonchev–Trinajstić information content (AvgIpc) is 2.91. The van der Waals surface area contributed by atoms with E-state index in [0.29, 0.717) is 12.2 Å². The van der Waals surface area contributed by atoms with Crippen molar-refractivity contribution in [1.29, 1.82) is 0 Å². The number of amides is 2. The van der Waals surface area contributed by atoms with E-state index in [2.05, 4.69) is 25.8 Å². The standard InChI is InChI=1S/C12H14FN5O/c13-9-3-5-10(6-4-9)17-12(19)14-7-1-2-11-15-8-16-18-11/h3-6,8H,1-2,7H2,(H2,14,17,19)(H,15,16,18). The average molecular weight is 263 g/mol. The number of urea groups is 1. The zero-order valence-electron chi connectivity index (χ0n) is 10.2. The van der Waals surface area contributed by atoms with E-state index in [1.54, 1.807) is 0 Å². The molecule has 7 heteroatoms. The molecule has 0 atom stereocenters. The van der Waals surface area contributed by atoms with Gasteiger partial charge < -0.3 is 10.6 Å². The highest BCUT2D eigenvalue weighted by atomic mass is 19.1. The van der Waals surface area contributed by atoms with Gasteiger partial charge in [0.05, 0.1) is 0 Å². The molecule has 6 nitrogen and oxygen atoms in total. The summed E-state index contributed by atoms with van der Waals surface area (Å²) in [5, 5.41) is 11.8. The van der Waals surface area contributed by atoms with Crippen molar-refractivity contribution in [3.8, 4) is 0 Å². The number of nitrogens with one attached hydrogen (secondary N) is 3. The maximum Gasteiger partial charge on any atom is 0.319 e. The second-order valence-corrected chi connectivity index (χ2v) is 3.92. The summed E-state index contributed by atoms with van der Waals surface area (Å²) in [6, 6.07) is 5.27. The first-order chi connectivity index (χ1) is 9.24. The van der Waals surface area contributed by atoms with Crippen LogP contribution >= 0.6 is 0 Å². The molecule has 2 rings (SSSR count). The maximum atomic E-state index is 12.7. The maximum absolute atomic E-state index is 12.7. The number of H-pyrrole nitrogens is 1. The molecule has 1 heterocycles. The minimum atomic E-state index is -0.335.